The first-order valence-corrected chi connectivity index (χ1v) is 7.16. The minimum Gasteiger partial charge on any atom is -0.328 e. The summed E-state index contributed by atoms with van der Waals surface area (Å²) in [5, 5.41) is 0. The second-order valence-electron chi connectivity index (χ2n) is 5.60. The van der Waals surface area contributed by atoms with Crippen molar-refractivity contribution in [2.75, 3.05) is 25.0 Å². The van der Waals surface area contributed by atoms with Crippen LogP contribution in [0, 0.1) is 0 Å². The molecular formula is C14H20BrN3O. The number of amides is 1. The Morgan fingerprint density at radius 3 is 2.63 bits per heavy atom. The van der Waals surface area contributed by atoms with Gasteiger partial charge < -0.3 is 10.6 Å². The lowest BCUT2D eigenvalue weighted by Gasteiger charge is -2.49. The van der Waals surface area contributed by atoms with Crippen molar-refractivity contribution in [3.8, 4) is 0 Å². The summed E-state index contributed by atoms with van der Waals surface area (Å²) in [6, 6.07) is 7.55. The number of rotatable bonds is 2. The van der Waals surface area contributed by atoms with Crippen LogP contribution in [0.1, 0.15) is 13.8 Å². The molecule has 1 saturated heterocycles. The number of hydrogen-bond acceptors (Lipinski definition) is 3. The monoisotopic (exact) mass is 325 g/mol. The molecule has 1 aliphatic rings. The third-order valence-corrected chi connectivity index (χ3v) is 4.27. The molecule has 0 aromatic heterocycles. The van der Waals surface area contributed by atoms with Gasteiger partial charge in [-0.2, -0.15) is 0 Å². The molecule has 1 heterocycles. The van der Waals surface area contributed by atoms with Gasteiger partial charge in [-0.3, -0.25) is 9.69 Å². The molecule has 1 aromatic carbocycles. The summed E-state index contributed by atoms with van der Waals surface area (Å²) in [6.45, 7) is 5.29. The van der Waals surface area contributed by atoms with E-state index in [1.54, 1.807) is 0 Å². The first-order valence-electron chi connectivity index (χ1n) is 6.37. The van der Waals surface area contributed by atoms with E-state index in [-0.39, 0.29) is 17.5 Å². The number of carbonyl (C=O) groups is 1. The topological polar surface area (TPSA) is 49.6 Å². The standard InChI is InChI=1S/C14H20BrN3O/c1-14(2)9-17(3)12(8-16)13(19)18(14)11-7-5-4-6-10(11)15/h4-7,12H,8-9,16H2,1-3H3. The zero-order chi connectivity index (χ0) is 14.2. The number of nitrogens with zero attached hydrogens (tertiary/aromatic N) is 2. The molecule has 19 heavy (non-hydrogen) atoms. The molecule has 1 fully saturated rings. The third kappa shape index (κ3) is 2.55. The van der Waals surface area contributed by atoms with Gasteiger partial charge in [0.05, 0.1) is 11.2 Å². The number of benzene rings is 1. The van der Waals surface area contributed by atoms with Gasteiger partial charge in [0, 0.05) is 17.6 Å². The lowest BCUT2D eigenvalue weighted by atomic mass is 9.94. The summed E-state index contributed by atoms with van der Waals surface area (Å²) >= 11 is 3.53. The molecule has 0 radical (unpaired) electrons. The van der Waals surface area contributed by atoms with Crippen LogP contribution in [0.25, 0.3) is 0 Å². The Morgan fingerprint density at radius 2 is 2.05 bits per heavy atom. The molecule has 0 spiro atoms. The van der Waals surface area contributed by atoms with Crippen LogP contribution in [0.4, 0.5) is 5.69 Å². The molecule has 1 aromatic rings. The van der Waals surface area contributed by atoms with Crippen LogP contribution >= 0.6 is 15.9 Å². The van der Waals surface area contributed by atoms with Crippen molar-refractivity contribution in [1.29, 1.82) is 0 Å². The van der Waals surface area contributed by atoms with Crippen molar-refractivity contribution in [2.45, 2.75) is 25.4 Å². The van der Waals surface area contributed by atoms with Crippen molar-refractivity contribution >= 4 is 27.5 Å². The second-order valence-corrected chi connectivity index (χ2v) is 6.46. The van der Waals surface area contributed by atoms with Crippen LogP contribution in [-0.4, -0.2) is 42.5 Å². The molecule has 0 bridgehead atoms. The van der Waals surface area contributed by atoms with Gasteiger partial charge in [-0.1, -0.05) is 12.1 Å². The fourth-order valence-electron chi connectivity index (χ4n) is 2.79. The van der Waals surface area contributed by atoms with E-state index in [2.05, 4.69) is 29.8 Å². The molecule has 0 aliphatic carbocycles. The largest absolute Gasteiger partial charge is 0.328 e. The van der Waals surface area contributed by atoms with E-state index < -0.39 is 0 Å². The lowest BCUT2D eigenvalue weighted by Crippen LogP contribution is -2.67. The summed E-state index contributed by atoms with van der Waals surface area (Å²) in [5.74, 6) is 0.0631. The normalized spacial score (nSPS) is 23.7. The fourth-order valence-corrected chi connectivity index (χ4v) is 3.25. The first-order chi connectivity index (χ1) is 8.88. The number of hydrogen-bond donors (Lipinski definition) is 1. The number of piperazine rings is 1. The van der Waals surface area contributed by atoms with Gasteiger partial charge in [-0.25, -0.2) is 0 Å². The predicted molar refractivity (Wildman–Crippen MR) is 81.2 cm³/mol. The zero-order valence-corrected chi connectivity index (χ0v) is 13.1. The molecule has 104 valence electrons. The van der Waals surface area contributed by atoms with Gasteiger partial charge in [0.25, 0.3) is 0 Å². The minimum atomic E-state index is -0.263. The molecule has 1 atom stereocenters. The highest BCUT2D eigenvalue weighted by Gasteiger charge is 2.43. The molecule has 2 rings (SSSR count). The molecule has 0 saturated carbocycles. The number of anilines is 1. The van der Waals surface area contributed by atoms with Gasteiger partial charge in [0.1, 0.15) is 6.04 Å². The SMILES string of the molecule is CN1CC(C)(C)N(c2ccccc2Br)C(=O)C1CN. The Kier molecular flexibility index (Phi) is 3.99. The molecule has 5 heteroatoms. The number of halogens is 1. The van der Waals surface area contributed by atoms with Gasteiger partial charge in [0.15, 0.2) is 0 Å². The average Bonchev–Trinajstić information content (AvgIpc) is 2.30. The summed E-state index contributed by atoms with van der Waals surface area (Å²) in [5.41, 5.74) is 6.39. The average molecular weight is 326 g/mol. The molecular weight excluding hydrogens is 306 g/mol. The maximum absolute atomic E-state index is 12.7. The van der Waals surface area contributed by atoms with Gasteiger partial charge in [0.2, 0.25) is 5.91 Å². The molecule has 1 unspecified atom stereocenters. The van der Waals surface area contributed by atoms with Crippen LogP contribution < -0.4 is 10.6 Å². The minimum absolute atomic E-state index is 0.0631. The van der Waals surface area contributed by atoms with E-state index >= 15 is 0 Å². The van der Waals surface area contributed by atoms with Crippen molar-refractivity contribution in [3.05, 3.63) is 28.7 Å². The van der Waals surface area contributed by atoms with E-state index in [1.807, 2.05) is 41.1 Å². The van der Waals surface area contributed by atoms with Gasteiger partial charge >= 0.3 is 0 Å². The van der Waals surface area contributed by atoms with E-state index in [9.17, 15) is 4.79 Å². The van der Waals surface area contributed by atoms with E-state index in [1.165, 1.54) is 0 Å². The Balaban J connectivity index is 2.47. The maximum Gasteiger partial charge on any atom is 0.246 e. The van der Waals surface area contributed by atoms with Crippen LogP contribution in [0.3, 0.4) is 0 Å². The van der Waals surface area contributed by atoms with Crippen molar-refractivity contribution in [2.24, 2.45) is 5.73 Å². The first kappa shape index (κ1) is 14.5. The van der Waals surface area contributed by atoms with Crippen molar-refractivity contribution in [3.63, 3.8) is 0 Å². The summed E-state index contributed by atoms with van der Waals surface area (Å²) < 4.78 is 0.928. The van der Waals surface area contributed by atoms with Crippen molar-refractivity contribution in [1.82, 2.24) is 4.90 Å². The molecule has 4 nitrogen and oxygen atoms in total. The predicted octanol–water partition coefficient (Wildman–Crippen LogP) is 1.83. The highest BCUT2D eigenvalue weighted by molar-refractivity contribution is 9.10. The van der Waals surface area contributed by atoms with Crippen molar-refractivity contribution < 1.29 is 4.79 Å². The fraction of sp³-hybridized carbons (Fsp3) is 0.500. The zero-order valence-electron chi connectivity index (χ0n) is 11.6. The summed E-state index contributed by atoms with van der Waals surface area (Å²) in [7, 11) is 1.95. The Bertz CT molecular complexity index is 489. The van der Waals surface area contributed by atoms with E-state index in [4.69, 9.17) is 5.73 Å². The number of para-hydroxylation sites is 1. The van der Waals surface area contributed by atoms with Crippen LogP contribution in [-0.2, 0) is 4.79 Å². The van der Waals surface area contributed by atoms with Crippen LogP contribution in [0.5, 0.6) is 0 Å². The maximum atomic E-state index is 12.7. The smallest absolute Gasteiger partial charge is 0.246 e. The van der Waals surface area contributed by atoms with E-state index in [0.717, 1.165) is 16.7 Å². The Hall–Kier alpha value is -0.910. The van der Waals surface area contributed by atoms with Crippen LogP contribution in [0.15, 0.2) is 28.7 Å². The third-order valence-electron chi connectivity index (χ3n) is 3.60. The summed E-state index contributed by atoms with van der Waals surface area (Å²) in [6.07, 6.45) is 0. The Morgan fingerprint density at radius 1 is 1.42 bits per heavy atom. The Labute approximate surface area is 122 Å². The quantitative estimate of drug-likeness (QED) is 0.902. The number of likely N-dealkylation sites (N-methyl/N-ethyl adjacent to an activating group) is 1. The second kappa shape index (κ2) is 5.23. The lowest BCUT2D eigenvalue weighted by molar-refractivity contribution is -0.127. The molecule has 1 amide bonds. The van der Waals surface area contributed by atoms with Gasteiger partial charge in [-0.15, -0.1) is 0 Å². The highest BCUT2D eigenvalue weighted by Crippen LogP contribution is 2.35. The highest BCUT2D eigenvalue weighted by atomic mass is 79.9. The number of carbonyl (C=O) groups excluding carboxylic acids is 1. The number of nitrogens with two attached hydrogens (primary N) is 1. The van der Waals surface area contributed by atoms with E-state index in [0.29, 0.717) is 6.54 Å². The van der Waals surface area contributed by atoms with Crippen LogP contribution in [0.2, 0.25) is 0 Å². The molecule has 1 aliphatic heterocycles. The van der Waals surface area contributed by atoms with Gasteiger partial charge in [-0.05, 0) is 49.0 Å². The molecule has 2 N–H and O–H groups in total. The summed E-state index contributed by atoms with van der Waals surface area (Å²) in [4.78, 5) is 16.6.